The Bertz CT molecular complexity index is 560. The van der Waals surface area contributed by atoms with Crippen LogP contribution in [0.5, 0.6) is 0 Å². The molecule has 0 bridgehead atoms. The van der Waals surface area contributed by atoms with Crippen LogP contribution in [-0.4, -0.2) is 9.78 Å². The highest BCUT2D eigenvalue weighted by Gasteiger charge is 2.30. The molecule has 0 amide bonds. The van der Waals surface area contributed by atoms with Gasteiger partial charge in [0.1, 0.15) is 0 Å². The van der Waals surface area contributed by atoms with Crippen molar-refractivity contribution in [3.8, 4) is 0 Å². The van der Waals surface area contributed by atoms with Gasteiger partial charge in [-0.1, -0.05) is 12.1 Å². The van der Waals surface area contributed by atoms with E-state index in [9.17, 15) is 13.2 Å². The van der Waals surface area contributed by atoms with Crippen LogP contribution in [0.25, 0.3) is 0 Å². The second-order valence-electron chi connectivity index (χ2n) is 4.29. The van der Waals surface area contributed by atoms with Gasteiger partial charge in [0.2, 0.25) is 0 Å². The molecule has 7 heteroatoms. The highest BCUT2D eigenvalue weighted by atomic mass is 19.4. The summed E-state index contributed by atoms with van der Waals surface area (Å²) in [5.74, 6) is 5.53. The molecule has 2 rings (SSSR count). The Kier molecular flexibility index (Phi) is 4.10. The van der Waals surface area contributed by atoms with E-state index in [1.807, 2.05) is 6.92 Å². The average Bonchev–Trinajstić information content (AvgIpc) is 2.87. The van der Waals surface area contributed by atoms with Crippen molar-refractivity contribution in [2.45, 2.75) is 25.7 Å². The van der Waals surface area contributed by atoms with Gasteiger partial charge in [-0.15, -0.1) is 0 Å². The molecule has 3 N–H and O–H groups in total. The number of benzene rings is 1. The third kappa shape index (κ3) is 2.83. The third-order valence-corrected chi connectivity index (χ3v) is 3.08. The molecule has 0 fully saturated rings. The zero-order valence-corrected chi connectivity index (χ0v) is 10.9. The van der Waals surface area contributed by atoms with Gasteiger partial charge in [-0.2, -0.15) is 18.3 Å². The van der Waals surface area contributed by atoms with Crippen LogP contribution < -0.4 is 11.3 Å². The molecule has 4 nitrogen and oxygen atoms in total. The van der Waals surface area contributed by atoms with Gasteiger partial charge < -0.3 is 0 Å². The Morgan fingerprint density at radius 2 is 1.90 bits per heavy atom. The number of nitrogens with zero attached hydrogens (tertiary/aromatic N) is 2. The minimum Gasteiger partial charge on any atom is -0.271 e. The molecule has 1 atom stereocenters. The van der Waals surface area contributed by atoms with Crippen LogP contribution in [0.15, 0.2) is 36.5 Å². The Hall–Kier alpha value is -1.86. The summed E-state index contributed by atoms with van der Waals surface area (Å²) in [6.45, 7) is 2.58. The zero-order valence-electron chi connectivity index (χ0n) is 10.9. The van der Waals surface area contributed by atoms with Crippen molar-refractivity contribution in [1.82, 2.24) is 15.2 Å². The van der Waals surface area contributed by atoms with E-state index in [-0.39, 0.29) is 0 Å². The van der Waals surface area contributed by atoms with E-state index in [2.05, 4.69) is 10.5 Å². The third-order valence-electron chi connectivity index (χ3n) is 3.08. The predicted octanol–water partition coefficient (Wildman–Crippen LogP) is 2.47. The second-order valence-corrected chi connectivity index (χ2v) is 4.29. The van der Waals surface area contributed by atoms with Gasteiger partial charge in [0.05, 0.1) is 17.3 Å². The minimum atomic E-state index is -4.34. The number of halogens is 3. The Labute approximate surface area is 114 Å². The summed E-state index contributed by atoms with van der Waals surface area (Å²) in [7, 11) is 0. The number of aromatic nitrogens is 2. The van der Waals surface area contributed by atoms with E-state index < -0.39 is 17.8 Å². The summed E-state index contributed by atoms with van der Waals surface area (Å²) in [6, 6.07) is 6.31. The molecular formula is C13H15F3N4. The molecule has 1 heterocycles. The lowest BCUT2D eigenvalue weighted by Gasteiger charge is -2.18. The van der Waals surface area contributed by atoms with Crippen LogP contribution in [0.4, 0.5) is 13.2 Å². The van der Waals surface area contributed by atoms with E-state index in [0.717, 1.165) is 17.8 Å². The smallest absolute Gasteiger partial charge is 0.271 e. The molecule has 20 heavy (non-hydrogen) atoms. The van der Waals surface area contributed by atoms with Crippen LogP contribution in [-0.2, 0) is 12.7 Å². The van der Waals surface area contributed by atoms with E-state index in [4.69, 9.17) is 5.84 Å². The number of nitrogens with two attached hydrogens (primary N) is 1. The van der Waals surface area contributed by atoms with Crippen molar-refractivity contribution < 1.29 is 13.2 Å². The largest absolute Gasteiger partial charge is 0.416 e. The summed E-state index contributed by atoms with van der Waals surface area (Å²) >= 11 is 0. The Balaban J connectivity index is 2.33. The molecule has 0 aliphatic carbocycles. The molecule has 0 spiro atoms. The van der Waals surface area contributed by atoms with Gasteiger partial charge in [0.25, 0.3) is 0 Å². The number of nitrogens with one attached hydrogen (secondary N) is 1. The Morgan fingerprint density at radius 1 is 1.25 bits per heavy atom. The number of hydrazine groups is 1. The Morgan fingerprint density at radius 3 is 2.40 bits per heavy atom. The van der Waals surface area contributed by atoms with Gasteiger partial charge in [-0.05, 0) is 30.7 Å². The van der Waals surface area contributed by atoms with Crippen molar-refractivity contribution >= 4 is 0 Å². The molecule has 0 saturated heterocycles. The van der Waals surface area contributed by atoms with Crippen LogP contribution in [0.1, 0.15) is 29.8 Å². The van der Waals surface area contributed by atoms with Crippen molar-refractivity contribution in [2.24, 2.45) is 5.84 Å². The zero-order chi connectivity index (χ0) is 14.8. The fraction of sp³-hybridized carbons (Fsp3) is 0.308. The highest BCUT2D eigenvalue weighted by molar-refractivity contribution is 5.31. The number of alkyl halides is 3. The van der Waals surface area contributed by atoms with Gasteiger partial charge in [-0.3, -0.25) is 10.5 Å². The molecule has 0 aliphatic rings. The maximum Gasteiger partial charge on any atom is 0.416 e. The summed E-state index contributed by atoms with van der Waals surface area (Å²) in [5, 5.41) is 4.13. The maximum atomic E-state index is 12.5. The van der Waals surface area contributed by atoms with Gasteiger partial charge >= 0.3 is 6.18 Å². The molecule has 108 valence electrons. The molecule has 1 aromatic heterocycles. The number of hydrogen-bond donors (Lipinski definition) is 2. The predicted molar refractivity (Wildman–Crippen MR) is 68.5 cm³/mol. The highest BCUT2D eigenvalue weighted by Crippen LogP contribution is 2.30. The fourth-order valence-electron chi connectivity index (χ4n) is 2.07. The lowest BCUT2D eigenvalue weighted by molar-refractivity contribution is -0.137. The first-order valence-electron chi connectivity index (χ1n) is 6.12. The molecule has 2 aromatic rings. The molecular weight excluding hydrogens is 269 g/mol. The number of hydrogen-bond acceptors (Lipinski definition) is 3. The second kappa shape index (κ2) is 5.64. The van der Waals surface area contributed by atoms with E-state index in [0.29, 0.717) is 12.1 Å². The maximum absolute atomic E-state index is 12.5. The van der Waals surface area contributed by atoms with Gasteiger partial charge in [0.15, 0.2) is 0 Å². The molecule has 0 aliphatic heterocycles. The quantitative estimate of drug-likeness (QED) is 0.670. The summed E-state index contributed by atoms with van der Waals surface area (Å²) in [5.41, 5.74) is 3.38. The average molecular weight is 284 g/mol. The topological polar surface area (TPSA) is 55.9 Å². The van der Waals surface area contributed by atoms with Crippen LogP contribution >= 0.6 is 0 Å². The van der Waals surface area contributed by atoms with Crippen molar-refractivity contribution in [3.63, 3.8) is 0 Å². The van der Waals surface area contributed by atoms with Crippen molar-refractivity contribution in [1.29, 1.82) is 0 Å². The molecule has 0 saturated carbocycles. The lowest BCUT2D eigenvalue weighted by Crippen LogP contribution is -2.30. The van der Waals surface area contributed by atoms with Crippen LogP contribution in [0.2, 0.25) is 0 Å². The number of rotatable bonds is 4. The molecule has 0 radical (unpaired) electrons. The summed E-state index contributed by atoms with van der Waals surface area (Å²) in [4.78, 5) is 0. The van der Waals surface area contributed by atoms with Crippen LogP contribution in [0.3, 0.4) is 0 Å². The van der Waals surface area contributed by atoms with E-state index in [1.165, 1.54) is 12.1 Å². The summed E-state index contributed by atoms with van der Waals surface area (Å²) < 4.78 is 39.4. The standard InChI is InChI=1S/C13H15F3N4/c1-2-20-11(7-8-18-20)12(19-17)9-3-5-10(6-4-9)13(14,15)16/h3-8,12,19H,2,17H2,1H3. The van der Waals surface area contributed by atoms with Crippen LogP contribution in [0, 0.1) is 0 Å². The van der Waals surface area contributed by atoms with Crippen molar-refractivity contribution in [3.05, 3.63) is 53.3 Å². The van der Waals surface area contributed by atoms with E-state index >= 15 is 0 Å². The fourth-order valence-corrected chi connectivity index (χ4v) is 2.07. The van der Waals surface area contributed by atoms with Gasteiger partial charge in [-0.25, -0.2) is 5.43 Å². The molecule has 1 aromatic carbocycles. The lowest BCUT2D eigenvalue weighted by atomic mass is 10.0. The first-order valence-corrected chi connectivity index (χ1v) is 6.12. The van der Waals surface area contributed by atoms with Crippen molar-refractivity contribution in [2.75, 3.05) is 0 Å². The number of aryl methyl sites for hydroxylation is 1. The molecule has 1 unspecified atom stereocenters. The van der Waals surface area contributed by atoms with Gasteiger partial charge in [0, 0.05) is 12.7 Å². The summed E-state index contributed by atoms with van der Waals surface area (Å²) in [6.07, 6.45) is -2.71. The van der Waals surface area contributed by atoms with E-state index in [1.54, 1.807) is 16.9 Å². The first-order chi connectivity index (χ1) is 9.47. The first kappa shape index (κ1) is 14.5. The minimum absolute atomic E-state index is 0.403. The SMILES string of the molecule is CCn1nccc1C(NN)c1ccc(C(F)(F)F)cc1. The monoisotopic (exact) mass is 284 g/mol. The normalized spacial score (nSPS) is 13.4.